The minimum Gasteiger partial charge on any atom is -0.478 e. The lowest BCUT2D eigenvalue weighted by atomic mass is 10.4. The predicted octanol–water partition coefficient (Wildman–Crippen LogP) is 1.44. The van der Waals surface area contributed by atoms with Gasteiger partial charge in [0.2, 0.25) is 11.8 Å². The van der Waals surface area contributed by atoms with E-state index in [0.717, 1.165) is 0 Å². The molecule has 0 atom stereocenters. The highest BCUT2D eigenvalue weighted by Crippen LogP contribution is 2.13. The Morgan fingerprint density at radius 1 is 1.69 bits per heavy atom. The van der Waals surface area contributed by atoms with Gasteiger partial charge in [0.1, 0.15) is 0 Å². The molecule has 13 heavy (non-hydrogen) atoms. The highest BCUT2D eigenvalue weighted by atomic mass is 16.5. The molecule has 4 nitrogen and oxygen atoms in total. The van der Waals surface area contributed by atoms with Gasteiger partial charge >= 0.3 is 0 Å². The van der Waals surface area contributed by atoms with Crippen molar-refractivity contribution in [1.29, 1.82) is 0 Å². The molecule has 1 rings (SSSR count). The van der Waals surface area contributed by atoms with Crippen molar-refractivity contribution in [2.75, 3.05) is 11.9 Å². The molecule has 70 valence electrons. The molecule has 0 aromatic carbocycles. The fourth-order valence-electron chi connectivity index (χ4n) is 0.917. The summed E-state index contributed by atoms with van der Waals surface area (Å²) < 4.78 is 5.17. The van der Waals surface area contributed by atoms with Crippen LogP contribution in [-0.4, -0.2) is 17.5 Å². The Morgan fingerprint density at radius 3 is 3.08 bits per heavy atom. The first-order valence-corrected chi connectivity index (χ1v) is 4.09. The van der Waals surface area contributed by atoms with E-state index in [0.29, 0.717) is 18.2 Å². The lowest BCUT2D eigenvalue weighted by Crippen LogP contribution is -2.06. The van der Waals surface area contributed by atoms with Crippen LogP contribution in [-0.2, 0) is 4.79 Å². The molecule has 4 heteroatoms. The largest absolute Gasteiger partial charge is 0.478 e. The molecule has 1 aromatic heterocycles. The van der Waals surface area contributed by atoms with E-state index in [-0.39, 0.29) is 5.91 Å². The summed E-state index contributed by atoms with van der Waals surface area (Å²) in [5, 5.41) is 2.64. The summed E-state index contributed by atoms with van der Waals surface area (Å²) in [4.78, 5) is 14.7. The molecule has 1 aromatic rings. The fourth-order valence-corrected chi connectivity index (χ4v) is 0.917. The van der Waals surface area contributed by atoms with Crippen molar-refractivity contribution in [3.63, 3.8) is 0 Å². The van der Waals surface area contributed by atoms with Gasteiger partial charge in [0.05, 0.1) is 6.61 Å². The van der Waals surface area contributed by atoms with Crippen LogP contribution >= 0.6 is 0 Å². The van der Waals surface area contributed by atoms with Gasteiger partial charge in [-0.25, -0.2) is 4.98 Å². The van der Waals surface area contributed by atoms with E-state index >= 15 is 0 Å². The highest BCUT2D eigenvalue weighted by molar-refractivity contribution is 5.88. The molecule has 1 amide bonds. The number of amides is 1. The smallest absolute Gasteiger partial charge is 0.221 e. The van der Waals surface area contributed by atoms with Gasteiger partial charge in [-0.1, -0.05) is 0 Å². The average molecular weight is 180 g/mol. The zero-order valence-electron chi connectivity index (χ0n) is 7.70. The van der Waals surface area contributed by atoms with Gasteiger partial charge in [-0.15, -0.1) is 0 Å². The van der Waals surface area contributed by atoms with Crippen LogP contribution in [0.15, 0.2) is 18.3 Å². The molecule has 1 N–H and O–H groups in total. The van der Waals surface area contributed by atoms with Gasteiger partial charge in [0, 0.05) is 24.9 Å². The Balaban J connectivity index is 2.73. The Bertz CT molecular complexity index is 299. The fraction of sp³-hybridized carbons (Fsp3) is 0.333. The summed E-state index contributed by atoms with van der Waals surface area (Å²) in [6, 6.07) is 3.40. The van der Waals surface area contributed by atoms with Crippen molar-refractivity contribution in [2.24, 2.45) is 0 Å². The first-order valence-electron chi connectivity index (χ1n) is 4.09. The second-order valence-electron chi connectivity index (χ2n) is 2.50. The molecule has 0 fully saturated rings. The molecule has 0 aliphatic rings. The Labute approximate surface area is 76.9 Å². The zero-order valence-corrected chi connectivity index (χ0v) is 7.70. The predicted molar refractivity (Wildman–Crippen MR) is 49.7 cm³/mol. The van der Waals surface area contributed by atoms with Gasteiger partial charge in [0.15, 0.2) is 0 Å². The summed E-state index contributed by atoms with van der Waals surface area (Å²) in [5.74, 6) is 0.419. The van der Waals surface area contributed by atoms with E-state index in [9.17, 15) is 4.79 Å². The third-order valence-corrected chi connectivity index (χ3v) is 1.35. The van der Waals surface area contributed by atoms with Gasteiger partial charge < -0.3 is 10.1 Å². The monoisotopic (exact) mass is 180 g/mol. The average Bonchev–Trinajstić information content (AvgIpc) is 2.04. The number of carbonyl (C=O) groups excluding carboxylic acids is 1. The third kappa shape index (κ3) is 3.11. The topological polar surface area (TPSA) is 51.2 Å². The quantitative estimate of drug-likeness (QED) is 0.765. The van der Waals surface area contributed by atoms with Crippen LogP contribution in [0.3, 0.4) is 0 Å². The standard InChI is InChI=1S/C9H12N2O2/c1-3-13-9-6-8(4-5-10-9)11-7(2)12/h4-6H,3H2,1-2H3,(H,10,11,12). The van der Waals surface area contributed by atoms with Crippen molar-refractivity contribution in [2.45, 2.75) is 13.8 Å². The number of nitrogens with one attached hydrogen (secondary N) is 1. The summed E-state index contributed by atoms with van der Waals surface area (Å²) in [6.07, 6.45) is 1.59. The number of rotatable bonds is 3. The molecule has 0 aliphatic heterocycles. The summed E-state index contributed by atoms with van der Waals surface area (Å²) >= 11 is 0. The molecular formula is C9H12N2O2. The van der Waals surface area contributed by atoms with E-state index in [1.807, 2.05) is 6.92 Å². The minimum atomic E-state index is -0.103. The molecule has 0 saturated carbocycles. The summed E-state index contributed by atoms with van der Waals surface area (Å²) in [7, 11) is 0. The SMILES string of the molecule is CCOc1cc(NC(C)=O)ccn1. The lowest BCUT2D eigenvalue weighted by molar-refractivity contribution is -0.114. The van der Waals surface area contributed by atoms with Gasteiger partial charge in [0.25, 0.3) is 0 Å². The number of hydrogen-bond acceptors (Lipinski definition) is 3. The second kappa shape index (κ2) is 4.45. The lowest BCUT2D eigenvalue weighted by Gasteiger charge is -2.04. The minimum absolute atomic E-state index is 0.103. The third-order valence-electron chi connectivity index (χ3n) is 1.35. The Kier molecular flexibility index (Phi) is 3.25. The number of nitrogens with zero attached hydrogens (tertiary/aromatic N) is 1. The van der Waals surface area contributed by atoms with Gasteiger partial charge in [-0.2, -0.15) is 0 Å². The maximum absolute atomic E-state index is 10.7. The maximum Gasteiger partial charge on any atom is 0.221 e. The van der Waals surface area contributed by atoms with Crippen molar-refractivity contribution < 1.29 is 9.53 Å². The second-order valence-corrected chi connectivity index (χ2v) is 2.50. The van der Waals surface area contributed by atoms with Crippen LogP contribution in [0.25, 0.3) is 0 Å². The van der Waals surface area contributed by atoms with E-state index < -0.39 is 0 Å². The van der Waals surface area contributed by atoms with E-state index in [4.69, 9.17) is 4.74 Å². The van der Waals surface area contributed by atoms with E-state index in [2.05, 4.69) is 10.3 Å². The molecule has 0 bridgehead atoms. The van der Waals surface area contributed by atoms with Crippen LogP contribution in [0.2, 0.25) is 0 Å². The number of carbonyl (C=O) groups is 1. The Hall–Kier alpha value is -1.58. The molecular weight excluding hydrogens is 168 g/mol. The molecule has 0 aliphatic carbocycles. The van der Waals surface area contributed by atoms with Crippen LogP contribution < -0.4 is 10.1 Å². The molecule has 0 unspecified atom stereocenters. The van der Waals surface area contributed by atoms with Crippen LogP contribution in [0, 0.1) is 0 Å². The van der Waals surface area contributed by atoms with E-state index in [1.165, 1.54) is 6.92 Å². The summed E-state index contributed by atoms with van der Waals surface area (Å²) in [5.41, 5.74) is 0.700. The van der Waals surface area contributed by atoms with Gasteiger partial charge in [-0.3, -0.25) is 4.79 Å². The number of hydrogen-bond donors (Lipinski definition) is 1. The number of ether oxygens (including phenoxy) is 1. The first kappa shape index (κ1) is 9.51. The molecule has 0 spiro atoms. The maximum atomic E-state index is 10.7. The van der Waals surface area contributed by atoms with E-state index in [1.54, 1.807) is 18.3 Å². The van der Waals surface area contributed by atoms with Crippen molar-refractivity contribution in [3.05, 3.63) is 18.3 Å². The Morgan fingerprint density at radius 2 is 2.46 bits per heavy atom. The van der Waals surface area contributed by atoms with Gasteiger partial charge in [-0.05, 0) is 13.0 Å². The molecule has 0 radical (unpaired) electrons. The normalized spacial score (nSPS) is 9.38. The van der Waals surface area contributed by atoms with Crippen LogP contribution in [0.5, 0.6) is 5.88 Å². The summed E-state index contributed by atoms with van der Waals surface area (Å²) in [6.45, 7) is 3.91. The number of aromatic nitrogens is 1. The van der Waals surface area contributed by atoms with Crippen LogP contribution in [0.1, 0.15) is 13.8 Å². The van der Waals surface area contributed by atoms with Crippen molar-refractivity contribution in [1.82, 2.24) is 4.98 Å². The number of anilines is 1. The van der Waals surface area contributed by atoms with Crippen molar-refractivity contribution in [3.8, 4) is 5.88 Å². The van der Waals surface area contributed by atoms with Crippen molar-refractivity contribution >= 4 is 11.6 Å². The number of pyridine rings is 1. The van der Waals surface area contributed by atoms with Crippen LogP contribution in [0.4, 0.5) is 5.69 Å². The first-order chi connectivity index (χ1) is 6.22. The molecule has 1 heterocycles. The molecule has 0 saturated heterocycles. The highest BCUT2D eigenvalue weighted by Gasteiger charge is 1.98. The zero-order chi connectivity index (χ0) is 9.68.